The summed E-state index contributed by atoms with van der Waals surface area (Å²) >= 11 is -2.41. The fourth-order valence-corrected chi connectivity index (χ4v) is 1.63. The Bertz CT molecular complexity index is 220. The molecule has 0 bridgehead atoms. The van der Waals surface area contributed by atoms with Gasteiger partial charge in [-0.15, -0.1) is 0 Å². The molecule has 1 fully saturated rings. The second kappa shape index (κ2) is 3.51. The molecule has 0 amide bonds. The molecule has 1 aliphatic rings. The summed E-state index contributed by atoms with van der Waals surface area (Å²) in [6, 6.07) is -0.724. The maximum absolute atomic E-state index is 11.0. The first-order chi connectivity index (χ1) is 5.52. The SMILES string of the molecule is C[C@H]1[C@H](C)OC(=O)[C@H]1NS(=O)[O-]. The molecular weight excluding hydrogens is 182 g/mol. The van der Waals surface area contributed by atoms with E-state index in [2.05, 4.69) is 4.72 Å². The Balaban J connectivity index is 2.63. The smallest absolute Gasteiger partial charge is 0.324 e. The quantitative estimate of drug-likeness (QED) is 0.464. The minimum absolute atomic E-state index is 0.115. The van der Waals surface area contributed by atoms with Crippen LogP contribution in [0.5, 0.6) is 0 Å². The van der Waals surface area contributed by atoms with Crippen LogP contribution in [0.3, 0.4) is 0 Å². The molecule has 1 heterocycles. The van der Waals surface area contributed by atoms with Crippen LogP contribution in [0, 0.1) is 5.92 Å². The van der Waals surface area contributed by atoms with Gasteiger partial charge in [0.15, 0.2) is 0 Å². The fraction of sp³-hybridized carbons (Fsp3) is 0.833. The van der Waals surface area contributed by atoms with Crippen molar-refractivity contribution in [3.63, 3.8) is 0 Å². The molecule has 0 aromatic heterocycles. The lowest BCUT2D eigenvalue weighted by molar-refractivity contribution is -0.142. The van der Waals surface area contributed by atoms with Crippen molar-refractivity contribution in [3.8, 4) is 0 Å². The maximum atomic E-state index is 11.0. The van der Waals surface area contributed by atoms with E-state index < -0.39 is 23.3 Å². The number of rotatable bonds is 2. The number of cyclic esters (lactones) is 1. The first-order valence-electron chi connectivity index (χ1n) is 3.58. The van der Waals surface area contributed by atoms with E-state index >= 15 is 0 Å². The number of ether oxygens (including phenoxy) is 1. The number of hydrogen-bond donors (Lipinski definition) is 1. The van der Waals surface area contributed by atoms with E-state index in [1.165, 1.54) is 0 Å². The first kappa shape index (κ1) is 9.63. The molecule has 0 aromatic carbocycles. The number of nitrogens with one attached hydrogen (secondary N) is 1. The summed E-state index contributed by atoms with van der Waals surface area (Å²) in [6.45, 7) is 3.50. The van der Waals surface area contributed by atoms with Gasteiger partial charge in [0.25, 0.3) is 0 Å². The van der Waals surface area contributed by atoms with Crippen LogP contribution in [-0.4, -0.2) is 26.9 Å². The highest BCUT2D eigenvalue weighted by Gasteiger charge is 2.39. The van der Waals surface area contributed by atoms with E-state index in [9.17, 15) is 13.6 Å². The summed E-state index contributed by atoms with van der Waals surface area (Å²) < 4.78 is 27.4. The van der Waals surface area contributed by atoms with Crippen LogP contribution in [-0.2, 0) is 20.8 Å². The number of carbonyl (C=O) groups excluding carboxylic acids is 1. The molecule has 1 rings (SSSR count). The van der Waals surface area contributed by atoms with Crippen molar-refractivity contribution in [2.45, 2.75) is 26.0 Å². The average Bonchev–Trinajstić information content (AvgIpc) is 2.16. The molecule has 0 radical (unpaired) electrons. The van der Waals surface area contributed by atoms with Crippen LogP contribution in [0.2, 0.25) is 0 Å². The minimum atomic E-state index is -2.41. The van der Waals surface area contributed by atoms with Gasteiger partial charge in [0.05, 0.1) is 0 Å². The van der Waals surface area contributed by atoms with Crippen LogP contribution in [0.1, 0.15) is 13.8 Å². The number of hydrogen-bond acceptors (Lipinski definition) is 4. The lowest BCUT2D eigenvalue weighted by Gasteiger charge is -2.15. The third-order valence-electron chi connectivity index (χ3n) is 2.05. The third-order valence-corrected chi connectivity index (χ3v) is 2.49. The highest BCUT2D eigenvalue weighted by Crippen LogP contribution is 2.21. The Morgan fingerprint density at radius 3 is 2.50 bits per heavy atom. The standard InChI is InChI=1S/C6H11NO4S/c1-3-4(2)11-6(8)5(3)7-12(9)10/h3-5,7H,1-2H3,(H,9,10)/p-1/t3-,4-,5-/m0/s1. The Morgan fingerprint density at radius 1 is 1.58 bits per heavy atom. The number of carbonyl (C=O) groups is 1. The Hall–Kier alpha value is -0.460. The molecule has 0 aliphatic carbocycles. The van der Waals surface area contributed by atoms with Gasteiger partial charge in [0.1, 0.15) is 12.1 Å². The second-order valence-corrected chi connectivity index (χ2v) is 3.54. The van der Waals surface area contributed by atoms with Gasteiger partial charge in [-0.2, -0.15) is 0 Å². The summed E-state index contributed by atoms with van der Waals surface area (Å²) in [5.74, 6) is -0.616. The normalized spacial score (nSPS) is 37.9. The van der Waals surface area contributed by atoms with E-state index in [0.29, 0.717) is 0 Å². The Morgan fingerprint density at radius 2 is 2.17 bits per heavy atom. The maximum Gasteiger partial charge on any atom is 0.324 e. The van der Waals surface area contributed by atoms with Crippen molar-refractivity contribution in [1.29, 1.82) is 0 Å². The van der Waals surface area contributed by atoms with Gasteiger partial charge in [0.2, 0.25) is 0 Å². The van der Waals surface area contributed by atoms with Crippen molar-refractivity contribution in [2.24, 2.45) is 5.92 Å². The molecule has 0 spiro atoms. The van der Waals surface area contributed by atoms with Crippen molar-refractivity contribution in [3.05, 3.63) is 0 Å². The average molecular weight is 192 g/mol. The van der Waals surface area contributed by atoms with Crippen LogP contribution in [0.4, 0.5) is 0 Å². The largest absolute Gasteiger partial charge is 0.760 e. The van der Waals surface area contributed by atoms with Gasteiger partial charge in [0, 0.05) is 17.2 Å². The minimum Gasteiger partial charge on any atom is -0.760 e. The first-order valence-corrected chi connectivity index (χ1v) is 4.66. The molecule has 1 N–H and O–H groups in total. The monoisotopic (exact) mass is 192 g/mol. The molecule has 0 aromatic rings. The molecule has 0 saturated carbocycles. The molecule has 1 aliphatic heterocycles. The van der Waals surface area contributed by atoms with Crippen molar-refractivity contribution in [2.75, 3.05) is 0 Å². The Labute approximate surface area is 72.9 Å². The molecule has 70 valence electrons. The van der Waals surface area contributed by atoms with Gasteiger partial charge in [-0.1, -0.05) is 6.92 Å². The summed E-state index contributed by atoms with van der Waals surface area (Å²) in [5, 5.41) is 0. The third kappa shape index (κ3) is 1.82. The van der Waals surface area contributed by atoms with E-state index in [1.54, 1.807) is 13.8 Å². The van der Waals surface area contributed by atoms with Gasteiger partial charge < -0.3 is 9.29 Å². The zero-order valence-corrected chi connectivity index (χ0v) is 7.59. The summed E-state index contributed by atoms with van der Waals surface area (Å²) in [5.41, 5.74) is 0. The number of esters is 1. The lowest BCUT2D eigenvalue weighted by atomic mass is 10.0. The molecule has 5 nitrogen and oxygen atoms in total. The molecule has 1 unspecified atom stereocenters. The lowest BCUT2D eigenvalue weighted by Crippen LogP contribution is -2.39. The molecule has 1 saturated heterocycles. The molecule has 6 heteroatoms. The molecule has 4 atom stereocenters. The highest BCUT2D eigenvalue weighted by atomic mass is 32.2. The topological polar surface area (TPSA) is 78.5 Å². The highest BCUT2D eigenvalue weighted by molar-refractivity contribution is 7.77. The van der Waals surface area contributed by atoms with E-state index in [-0.39, 0.29) is 12.0 Å². The zero-order valence-electron chi connectivity index (χ0n) is 6.77. The fourth-order valence-electron chi connectivity index (χ4n) is 1.11. The van der Waals surface area contributed by atoms with Gasteiger partial charge in [-0.3, -0.25) is 9.00 Å². The van der Waals surface area contributed by atoms with Crippen molar-refractivity contribution < 1.29 is 18.3 Å². The zero-order chi connectivity index (χ0) is 9.30. The predicted octanol–water partition coefficient (Wildman–Crippen LogP) is -0.680. The van der Waals surface area contributed by atoms with E-state index in [4.69, 9.17) is 4.74 Å². The van der Waals surface area contributed by atoms with Crippen LogP contribution < -0.4 is 4.72 Å². The van der Waals surface area contributed by atoms with Gasteiger partial charge in [-0.25, -0.2) is 4.72 Å². The summed E-state index contributed by atoms with van der Waals surface area (Å²) in [6.07, 6.45) is -0.224. The predicted molar refractivity (Wildman–Crippen MR) is 40.6 cm³/mol. The summed E-state index contributed by atoms with van der Waals surface area (Å²) in [7, 11) is 0. The van der Waals surface area contributed by atoms with Gasteiger partial charge >= 0.3 is 5.97 Å². The van der Waals surface area contributed by atoms with Crippen molar-refractivity contribution in [1.82, 2.24) is 4.72 Å². The van der Waals surface area contributed by atoms with Crippen molar-refractivity contribution >= 4 is 17.2 Å². The van der Waals surface area contributed by atoms with Crippen LogP contribution in [0.15, 0.2) is 0 Å². The molecule has 12 heavy (non-hydrogen) atoms. The van der Waals surface area contributed by atoms with E-state index in [0.717, 1.165) is 0 Å². The van der Waals surface area contributed by atoms with Crippen LogP contribution in [0.25, 0.3) is 0 Å². The van der Waals surface area contributed by atoms with Gasteiger partial charge in [-0.05, 0) is 6.92 Å². The molecular formula is C6H10NO4S-. The Kier molecular flexibility index (Phi) is 2.81. The summed E-state index contributed by atoms with van der Waals surface area (Å²) in [4.78, 5) is 11.0. The van der Waals surface area contributed by atoms with E-state index in [1.807, 2.05) is 0 Å². The van der Waals surface area contributed by atoms with Crippen LogP contribution >= 0.6 is 0 Å². The second-order valence-electron chi connectivity index (χ2n) is 2.83.